The number of carbonyl (C=O) groups is 1. The molecular weight excluding hydrogens is 316 g/mol. The first-order valence-electron chi connectivity index (χ1n) is 8.89. The number of aromatic hydroxyl groups is 2. The summed E-state index contributed by atoms with van der Waals surface area (Å²) in [5.41, 5.74) is 0.854. The van der Waals surface area contributed by atoms with Crippen molar-refractivity contribution < 1.29 is 19.7 Å². The van der Waals surface area contributed by atoms with Crippen molar-refractivity contribution in [2.24, 2.45) is 10.8 Å². The van der Waals surface area contributed by atoms with E-state index in [0.29, 0.717) is 12.8 Å². The molecule has 0 bridgehead atoms. The van der Waals surface area contributed by atoms with Crippen LogP contribution in [-0.4, -0.2) is 22.8 Å². The maximum Gasteiger partial charge on any atom is 0.306 e. The highest BCUT2D eigenvalue weighted by Gasteiger charge is 2.22. The molecule has 0 saturated carbocycles. The topological polar surface area (TPSA) is 66.8 Å². The Morgan fingerprint density at radius 3 is 2.44 bits per heavy atom. The number of carbonyl (C=O) groups excluding carboxylic acids is 1. The zero-order valence-corrected chi connectivity index (χ0v) is 16.1. The lowest BCUT2D eigenvalue weighted by atomic mass is 9.83. The van der Waals surface area contributed by atoms with E-state index in [4.69, 9.17) is 4.74 Å². The second kappa shape index (κ2) is 8.93. The molecule has 0 radical (unpaired) electrons. The summed E-state index contributed by atoms with van der Waals surface area (Å²) < 4.78 is 5.31. The minimum absolute atomic E-state index is 0.145. The quantitative estimate of drug-likeness (QED) is 0.375. The molecule has 0 aliphatic rings. The molecule has 25 heavy (non-hydrogen) atoms. The van der Waals surface area contributed by atoms with E-state index >= 15 is 0 Å². The van der Waals surface area contributed by atoms with Crippen LogP contribution in [0.1, 0.15) is 59.4 Å². The molecule has 2 N–H and O–H groups in total. The average Bonchev–Trinajstić information content (AvgIpc) is 2.50. The van der Waals surface area contributed by atoms with Crippen molar-refractivity contribution in [1.82, 2.24) is 0 Å². The Bertz CT molecular complexity index is 600. The number of allylic oxidation sites excluding steroid dienone is 2. The number of phenols is 2. The van der Waals surface area contributed by atoms with E-state index < -0.39 is 0 Å². The standard InChI is InChI=1S/C21H32O4/c1-6-20(2,3)11-7-12-21(4,5)15-19(24)25-13-10-16-8-9-17(22)18(23)14-16/h7-9,11,14,22-23H,6,10,12-13,15H2,1-5H3/b11-7-. The molecule has 4 nitrogen and oxygen atoms in total. The second-order valence-corrected chi connectivity index (χ2v) is 8.08. The first kappa shape index (κ1) is 21.1. The third kappa shape index (κ3) is 8.10. The van der Waals surface area contributed by atoms with Gasteiger partial charge in [0.15, 0.2) is 11.5 Å². The predicted molar refractivity (Wildman–Crippen MR) is 101 cm³/mol. The Morgan fingerprint density at radius 1 is 1.16 bits per heavy atom. The molecule has 0 aliphatic heterocycles. The van der Waals surface area contributed by atoms with Gasteiger partial charge in [-0.15, -0.1) is 0 Å². The van der Waals surface area contributed by atoms with Gasteiger partial charge < -0.3 is 14.9 Å². The summed E-state index contributed by atoms with van der Waals surface area (Å²) in [5.74, 6) is -0.523. The molecule has 140 valence electrons. The van der Waals surface area contributed by atoms with E-state index in [9.17, 15) is 15.0 Å². The van der Waals surface area contributed by atoms with Gasteiger partial charge >= 0.3 is 5.97 Å². The van der Waals surface area contributed by atoms with E-state index in [-0.39, 0.29) is 34.9 Å². The molecule has 0 fully saturated rings. The number of benzene rings is 1. The third-order valence-corrected chi connectivity index (χ3v) is 4.47. The largest absolute Gasteiger partial charge is 0.504 e. The van der Waals surface area contributed by atoms with E-state index in [1.54, 1.807) is 6.07 Å². The molecular formula is C21H32O4. The molecule has 1 rings (SSSR count). The molecule has 0 spiro atoms. The molecule has 0 amide bonds. The fraction of sp³-hybridized carbons (Fsp3) is 0.571. The Labute approximate surface area is 151 Å². The van der Waals surface area contributed by atoms with Crippen LogP contribution in [0.2, 0.25) is 0 Å². The predicted octanol–water partition coefficient (Wildman–Crippen LogP) is 4.98. The number of hydrogen-bond donors (Lipinski definition) is 2. The fourth-order valence-corrected chi connectivity index (χ4v) is 2.34. The minimum Gasteiger partial charge on any atom is -0.504 e. The molecule has 0 aromatic heterocycles. The van der Waals surface area contributed by atoms with Crippen LogP contribution in [0.3, 0.4) is 0 Å². The first-order valence-corrected chi connectivity index (χ1v) is 8.89. The van der Waals surface area contributed by atoms with Crippen molar-refractivity contribution >= 4 is 5.97 Å². The van der Waals surface area contributed by atoms with Gasteiger partial charge in [-0.3, -0.25) is 4.79 Å². The average molecular weight is 348 g/mol. The fourth-order valence-electron chi connectivity index (χ4n) is 2.34. The smallest absolute Gasteiger partial charge is 0.306 e. The van der Waals surface area contributed by atoms with E-state index in [1.165, 1.54) is 12.1 Å². The number of hydrogen-bond acceptors (Lipinski definition) is 4. The summed E-state index contributed by atoms with van der Waals surface area (Å²) in [6, 6.07) is 4.61. The van der Waals surface area contributed by atoms with Gasteiger partial charge in [0.2, 0.25) is 0 Å². The minimum atomic E-state index is -0.212. The van der Waals surface area contributed by atoms with E-state index in [0.717, 1.165) is 18.4 Å². The van der Waals surface area contributed by atoms with Gasteiger partial charge in [0, 0.05) is 6.42 Å². The van der Waals surface area contributed by atoms with Crippen molar-refractivity contribution in [2.75, 3.05) is 6.61 Å². The molecule has 0 atom stereocenters. The summed E-state index contributed by atoms with van der Waals surface area (Å²) in [6.45, 7) is 11.0. The maximum absolute atomic E-state index is 12.1. The number of rotatable bonds is 9. The van der Waals surface area contributed by atoms with Crippen LogP contribution in [-0.2, 0) is 16.0 Å². The summed E-state index contributed by atoms with van der Waals surface area (Å²) in [5, 5.41) is 18.7. The SMILES string of the molecule is CCC(C)(C)/C=C\CC(C)(C)CC(=O)OCCc1ccc(O)c(O)c1. The molecule has 0 saturated heterocycles. The summed E-state index contributed by atoms with van der Waals surface area (Å²) >= 11 is 0. The number of ether oxygens (including phenoxy) is 1. The van der Waals surface area contributed by atoms with Crippen LogP contribution < -0.4 is 0 Å². The Balaban J connectivity index is 2.40. The first-order chi connectivity index (χ1) is 11.5. The van der Waals surface area contributed by atoms with Crippen molar-refractivity contribution in [3.8, 4) is 11.5 Å². The zero-order chi connectivity index (χ0) is 19.1. The van der Waals surface area contributed by atoms with Gasteiger partial charge in [-0.25, -0.2) is 0 Å². The lowest BCUT2D eigenvalue weighted by molar-refractivity contribution is -0.145. The van der Waals surface area contributed by atoms with Crippen molar-refractivity contribution in [1.29, 1.82) is 0 Å². The summed E-state index contributed by atoms with van der Waals surface area (Å²) in [6.07, 6.45) is 7.17. The molecule has 0 heterocycles. The highest BCUT2D eigenvalue weighted by atomic mass is 16.5. The van der Waals surface area contributed by atoms with Crippen molar-refractivity contribution in [3.05, 3.63) is 35.9 Å². The summed E-state index contributed by atoms with van der Waals surface area (Å²) in [4.78, 5) is 12.1. The Kier molecular flexibility index (Phi) is 7.53. The summed E-state index contributed by atoms with van der Waals surface area (Å²) in [7, 11) is 0. The second-order valence-electron chi connectivity index (χ2n) is 8.08. The maximum atomic E-state index is 12.1. The lowest BCUT2D eigenvalue weighted by Gasteiger charge is -2.23. The van der Waals surface area contributed by atoms with Gasteiger partial charge in [0.05, 0.1) is 13.0 Å². The van der Waals surface area contributed by atoms with Gasteiger partial charge in [-0.1, -0.05) is 52.8 Å². The van der Waals surface area contributed by atoms with Crippen LogP contribution in [0, 0.1) is 10.8 Å². The molecule has 0 aliphatic carbocycles. The van der Waals surface area contributed by atoms with Crippen molar-refractivity contribution in [3.63, 3.8) is 0 Å². The van der Waals surface area contributed by atoms with Crippen LogP contribution in [0.4, 0.5) is 0 Å². The van der Waals surface area contributed by atoms with Crippen LogP contribution in [0.5, 0.6) is 11.5 Å². The van der Waals surface area contributed by atoms with E-state index in [2.05, 4.69) is 46.8 Å². The number of esters is 1. The van der Waals surface area contributed by atoms with Gasteiger partial charge in [0.25, 0.3) is 0 Å². The van der Waals surface area contributed by atoms with Crippen LogP contribution in [0.25, 0.3) is 0 Å². The van der Waals surface area contributed by atoms with Crippen LogP contribution in [0.15, 0.2) is 30.4 Å². The van der Waals surface area contributed by atoms with E-state index in [1.807, 2.05) is 0 Å². The molecule has 0 unspecified atom stereocenters. The lowest BCUT2D eigenvalue weighted by Crippen LogP contribution is -2.19. The zero-order valence-electron chi connectivity index (χ0n) is 16.1. The Morgan fingerprint density at radius 2 is 1.84 bits per heavy atom. The third-order valence-electron chi connectivity index (χ3n) is 4.47. The monoisotopic (exact) mass is 348 g/mol. The van der Waals surface area contributed by atoms with Gasteiger partial charge in [-0.05, 0) is 41.4 Å². The molecule has 4 heteroatoms. The van der Waals surface area contributed by atoms with Crippen molar-refractivity contribution in [2.45, 2.75) is 60.3 Å². The Hall–Kier alpha value is -1.97. The highest BCUT2D eigenvalue weighted by molar-refractivity contribution is 5.70. The van der Waals surface area contributed by atoms with Crippen LogP contribution >= 0.6 is 0 Å². The normalized spacial score (nSPS) is 12.5. The molecule has 1 aromatic rings. The highest BCUT2D eigenvalue weighted by Crippen LogP contribution is 2.29. The number of phenolic OH excluding ortho intramolecular Hbond substituents is 2. The van der Waals surface area contributed by atoms with Gasteiger partial charge in [-0.2, -0.15) is 0 Å². The molecule has 1 aromatic carbocycles. The van der Waals surface area contributed by atoms with Gasteiger partial charge in [0.1, 0.15) is 0 Å².